The Bertz CT molecular complexity index is 521. The topological polar surface area (TPSA) is 66.8 Å². The maximum atomic E-state index is 13.8. The quantitative estimate of drug-likeness (QED) is 0.833. The van der Waals surface area contributed by atoms with Gasteiger partial charge < -0.3 is 14.7 Å². The van der Waals surface area contributed by atoms with Crippen LogP contribution in [0.4, 0.5) is 13.6 Å². The van der Waals surface area contributed by atoms with Crippen molar-refractivity contribution in [3.63, 3.8) is 0 Å². The number of aldehydes is 1. The van der Waals surface area contributed by atoms with Crippen molar-refractivity contribution in [1.82, 2.24) is 4.90 Å². The number of morpholine rings is 1. The average Bonchev–Trinajstić information content (AvgIpc) is 2.42. The van der Waals surface area contributed by atoms with Gasteiger partial charge in [0.05, 0.1) is 18.7 Å². The first-order valence-electron chi connectivity index (χ1n) is 5.57. The van der Waals surface area contributed by atoms with Crippen molar-refractivity contribution < 1.29 is 28.2 Å². The second-order valence-corrected chi connectivity index (χ2v) is 4.08. The zero-order valence-corrected chi connectivity index (χ0v) is 9.81. The van der Waals surface area contributed by atoms with E-state index in [0.717, 1.165) is 11.0 Å². The molecule has 1 aliphatic heterocycles. The fourth-order valence-electron chi connectivity index (χ4n) is 1.93. The highest BCUT2D eigenvalue weighted by molar-refractivity contribution is 5.75. The van der Waals surface area contributed by atoms with Crippen LogP contribution < -0.4 is 0 Å². The number of hydrogen-bond donors (Lipinski definition) is 1. The number of carboxylic acid groups (broad SMARTS) is 1. The maximum Gasteiger partial charge on any atom is 0.407 e. The lowest BCUT2D eigenvalue weighted by molar-refractivity contribution is -0.0250. The molecular formula is C12H11F2NO4. The predicted molar refractivity (Wildman–Crippen MR) is 60.0 cm³/mol. The average molecular weight is 271 g/mol. The van der Waals surface area contributed by atoms with Gasteiger partial charge in [-0.25, -0.2) is 13.6 Å². The van der Waals surface area contributed by atoms with E-state index >= 15 is 0 Å². The van der Waals surface area contributed by atoms with Gasteiger partial charge in [-0.1, -0.05) is 6.07 Å². The first-order chi connectivity index (χ1) is 9.04. The Morgan fingerprint density at radius 1 is 1.42 bits per heavy atom. The van der Waals surface area contributed by atoms with E-state index in [1.807, 2.05) is 0 Å². The van der Waals surface area contributed by atoms with E-state index in [4.69, 9.17) is 9.84 Å². The highest BCUT2D eigenvalue weighted by atomic mass is 19.2. The number of hydrogen-bond acceptors (Lipinski definition) is 3. The van der Waals surface area contributed by atoms with E-state index in [2.05, 4.69) is 0 Å². The molecule has 1 fully saturated rings. The molecule has 1 aliphatic rings. The van der Waals surface area contributed by atoms with Crippen molar-refractivity contribution in [2.45, 2.75) is 6.10 Å². The minimum absolute atomic E-state index is 0.0773. The Hall–Kier alpha value is -2.02. The van der Waals surface area contributed by atoms with Crippen LogP contribution in [0.25, 0.3) is 0 Å². The molecule has 1 N–H and O–H groups in total. The summed E-state index contributed by atoms with van der Waals surface area (Å²) < 4.78 is 32.5. The lowest BCUT2D eigenvalue weighted by Crippen LogP contribution is -2.41. The van der Waals surface area contributed by atoms with Crippen LogP contribution in [-0.4, -0.2) is 42.1 Å². The molecule has 5 nitrogen and oxygen atoms in total. The summed E-state index contributed by atoms with van der Waals surface area (Å²) in [5.41, 5.74) is -0.471. The van der Waals surface area contributed by atoms with Gasteiger partial charge in [0, 0.05) is 12.1 Å². The van der Waals surface area contributed by atoms with E-state index in [1.54, 1.807) is 0 Å². The zero-order chi connectivity index (χ0) is 14.0. The third kappa shape index (κ3) is 2.55. The molecule has 2 rings (SSSR count). The Morgan fingerprint density at radius 2 is 2.16 bits per heavy atom. The van der Waals surface area contributed by atoms with Crippen molar-refractivity contribution in [2.75, 3.05) is 19.7 Å². The van der Waals surface area contributed by atoms with Crippen LogP contribution in [0, 0.1) is 11.6 Å². The number of rotatable bonds is 2. The first kappa shape index (κ1) is 13.4. The molecule has 102 valence electrons. The van der Waals surface area contributed by atoms with Gasteiger partial charge in [0.15, 0.2) is 17.9 Å². The van der Waals surface area contributed by atoms with Crippen molar-refractivity contribution in [3.05, 3.63) is 34.9 Å². The summed E-state index contributed by atoms with van der Waals surface area (Å²) in [6.07, 6.45) is -1.80. The summed E-state index contributed by atoms with van der Waals surface area (Å²) in [5, 5.41) is 8.87. The molecule has 0 aliphatic carbocycles. The molecule has 1 saturated heterocycles. The summed E-state index contributed by atoms with van der Waals surface area (Å²) >= 11 is 0. The molecule has 1 unspecified atom stereocenters. The number of carbonyl (C=O) groups is 2. The molecule has 1 aromatic carbocycles. The molecule has 1 heterocycles. The molecule has 1 amide bonds. The Labute approximate surface area is 107 Å². The van der Waals surface area contributed by atoms with Crippen LogP contribution >= 0.6 is 0 Å². The number of benzene rings is 1. The maximum absolute atomic E-state index is 13.8. The number of nitrogens with zero attached hydrogens (tertiary/aromatic N) is 1. The largest absolute Gasteiger partial charge is 0.465 e. The van der Waals surface area contributed by atoms with Gasteiger partial charge in [0.25, 0.3) is 0 Å². The number of amides is 1. The van der Waals surface area contributed by atoms with Crippen molar-refractivity contribution in [3.8, 4) is 0 Å². The van der Waals surface area contributed by atoms with Gasteiger partial charge >= 0.3 is 6.09 Å². The molecule has 0 saturated carbocycles. The summed E-state index contributed by atoms with van der Waals surface area (Å²) in [5.74, 6) is -2.43. The smallest absolute Gasteiger partial charge is 0.407 e. The fraction of sp³-hybridized carbons (Fsp3) is 0.333. The summed E-state index contributed by atoms with van der Waals surface area (Å²) in [6, 6.07) is 2.38. The van der Waals surface area contributed by atoms with E-state index in [0.29, 0.717) is 0 Å². The summed E-state index contributed by atoms with van der Waals surface area (Å²) in [4.78, 5) is 22.4. The number of ether oxygens (including phenoxy) is 1. The SMILES string of the molecule is O=Cc1ccc(C2CN(C(=O)O)CCO2)c(F)c1F. The van der Waals surface area contributed by atoms with Crippen molar-refractivity contribution >= 4 is 12.4 Å². The van der Waals surface area contributed by atoms with Crippen LogP contribution in [0.2, 0.25) is 0 Å². The Morgan fingerprint density at radius 3 is 2.79 bits per heavy atom. The molecule has 7 heteroatoms. The van der Waals surface area contributed by atoms with Crippen LogP contribution in [0.3, 0.4) is 0 Å². The summed E-state index contributed by atoms with van der Waals surface area (Å²) in [6.45, 7) is 0.210. The van der Waals surface area contributed by atoms with E-state index in [9.17, 15) is 18.4 Å². The molecule has 19 heavy (non-hydrogen) atoms. The highest BCUT2D eigenvalue weighted by Gasteiger charge is 2.28. The molecule has 1 atom stereocenters. The Kier molecular flexibility index (Phi) is 3.75. The van der Waals surface area contributed by atoms with Crippen LogP contribution in [0.1, 0.15) is 22.0 Å². The minimum atomic E-state index is -1.25. The molecule has 0 aromatic heterocycles. The van der Waals surface area contributed by atoms with Gasteiger partial charge in [-0.15, -0.1) is 0 Å². The van der Waals surface area contributed by atoms with Crippen LogP contribution in [-0.2, 0) is 4.74 Å². The lowest BCUT2D eigenvalue weighted by Gasteiger charge is -2.31. The van der Waals surface area contributed by atoms with Crippen molar-refractivity contribution in [1.29, 1.82) is 0 Å². The predicted octanol–water partition coefficient (Wildman–Crippen LogP) is 1.83. The second-order valence-electron chi connectivity index (χ2n) is 4.08. The third-order valence-corrected chi connectivity index (χ3v) is 2.95. The highest BCUT2D eigenvalue weighted by Crippen LogP contribution is 2.27. The number of halogens is 2. The molecule has 0 bridgehead atoms. The first-order valence-corrected chi connectivity index (χ1v) is 5.57. The van der Waals surface area contributed by atoms with E-state index in [-0.39, 0.29) is 37.1 Å². The van der Waals surface area contributed by atoms with Crippen molar-refractivity contribution in [2.24, 2.45) is 0 Å². The monoisotopic (exact) mass is 271 g/mol. The van der Waals surface area contributed by atoms with Gasteiger partial charge in [0.1, 0.15) is 6.10 Å². The van der Waals surface area contributed by atoms with Gasteiger partial charge in [-0.2, -0.15) is 0 Å². The van der Waals surface area contributed by atoms with E-state index < -0.39 is 23.8 Å². The normalized spacial score (nSPS) is 19.3. The molecule has 1 aromatic rings. The lowest BCUT2D eigenvalue weighted by atomic mass is 10.0. The van der Waals surface area contributed by atoms with Crippen LogP contribution in [0.15, 0.2) is 12.1 Å². The minimum Gasteiger partial charge on any atom is -0.465 e. The summed E-state index contributed by atoms with van der Waals surface area (Å²) in [7, 11) is 0. The zero-order valence-electron chi connectivity index (χ0n) is 9.81. The Balaban J connectivity index is 2.29. The molecule has 0 radical (unpaired) electrons. The molecule has 0 spiro atoms. The van der Waals surface area contributed by atoms with Gasteiger partial charge in [0.2, 0.25) is 0 Å². The van der Waals surface area contributed by atoms with Crippen LogP contribution in [0.5, 0.6) is 0 Å². The fourth-order valence-corrected chi connectivity index (χ4v) is 1.93. The standard InChI is InChI=1S/C12H11F2NO4/c13-10-7(6-16)1-2-8(11(10)14)9-5-15(12(17)18)3-4-19-9/h1-2,6,9H,3-5H2,(H,17,18). The van der Waals surface area contributed by atoms with E-state index in [1.165, 1.54) is 6.07 Å². The second kappa shape index (κ2) is 5.31. The third-order valence-electron chi connectivity index (χ3n) is 2.95. The van der Waals surface area contributed by atoms with Gasteiger partial charge in [-0.05, 0) is 6.07 Å². The number of carbonyl (C=O) groups excluding carboxylic acids is 1. The molecular weight excluding hydrogens is 260 g/mol. The van der Waals surface area contributed by atoms with Gasteiger partial charge in [-0.3, -0.25) is 4.79 Å².